The molecule has 1 aromatic heterocycles. The van der Waals surface area contributed by atoms with Crippen molar-refractivity contribution in [3.05, 3.63) is 81.7 Å². The Hall–Kier alpha value is -2.68. The number of nitrogens with zero attached hydrogens (tertiary/aromatic N) is 2. The molecule has 3 nitrogen and oxygen atoms in total. The van der Waals surface area contributed by atoms with Gasteiger partial charge in [0.05, 0.1) is 11.3 Å². The molecule has 134 valence electrons. The monoisotopic (exact) mass is 390 g/mol. The van der Waals surface area contributed by atoms with Crippen LogP contribution in [0.3, 0.4) is 0 Å². The lowest BCUT2D eigenvalue weighted by molar-refractivity contribution is 0.0995. The van der Waals surface area contributed by atoms with E-state index in [1.165, 1.54) is 23.1 Å². The van der Waals surface area contributed by atoms with Crippen molar-refractivity contribution in [3.63, 3.8) is 0 Å². The van der Waals surface area contributed by atoms with E-state index in [-0.39, 0.29) is 12.2 Å². The summed E-state index contributed by atoms with van der Waals surface area (Å²) in [7, 11) is 0. The van der Waals surface area contributed by atoms with Crippen molar-refractivity contribution in [3.8, 4) is 16.6 Å². The first kappa shape index (κ1) is 19.1. The van der Waals surface area contributed by atoms with Crippen LogP contribution >= 0.6 is 23.1 Å². The summed E-state index contributed by atoms with van der Waals surface area (Å²) in [5, 5.41) is 12.5. The Balaban J connectivity index is 1.90. The van der Waals surface area contributed by atoms with Crippen molar-refractivity contribution < 1.29 is 4.79 Å². The molecule has 0 radical (unpaired) electrons. The minimum atomic E-state index is 0.00520. The van der Waals surface area contributed by atoms with E-state index in [9.17, 15) is 10.1 Å². The topological polar surface area (TPSA) is 53.8 Å². The van der Waals surface area contributed by atoms with Gasteiger partial charge in [-0.25, -0.2) is 4.98 Å². The number of rotatable bonds is 6. The Labute approximate surface area is 167 Å². The van der Waals surface area contributed by atoms with E-state index in [0.29, 0.717) is 16.8 Å². The molecule has 0 aliphatic rings. The minimum absolute atomic E-state index is 0.00520. The number of hydrogen-bond donors (Lipinski definition) is 0. The van der Waals surface area contributed by atoms with E-state index < -0.39 is 0 Å². The summed E-state index contributed by atoms with van der Waals surface area (Å²) in [6.45, 7) is 1.99. The number of ketones is 1. The third-order valence-electron chi connectivity index (χ3n) is 4.11. The third kappa shape index (κ3) is 4.54. The maximum absolute atomic E-state index is 12.6. The zero-order chi connectivity index (χ0) is 19.2. The Morgan fingerprint density at radius 1 is 1.15 bits per heavy atom. The zero-order valence-electron chi connectivity index (χ0n) is 15.1. The third-order valence-corrected chi connectivity index (χ3v) is 5.85. The molecule has 0 aliphatic carbocycles. The summed E-state index contributed by atoms with van der Waals surface area (Å²) in [5.41, 5.74) is 3.89. The molecule has 3 rings (SSSR count). The lowest BCUT2D eigenvalue weighted by atomic mass is 10.0. The molecule has 0 aliphatic heterocycles. The molecule has 0 bridgehead atoms. The van der Waals surface area contributed by atoms with Crippen LogP contribution in [0.5, 0.6) is 0 Å². The van der Waals surface area contributed by atoms with Crippen LogP contribution in [-0.2, 0) is 0 Å². The van der Waals surface area contributed by atoms with Crippen molar-refractivity contribution in [2.45, 2.75) is 13.3 Å². The summed E-state index contributed by atoms with van der Waals surface area (Å²) in [4.78, 5) is 18.0. The number of aromatic nitrogens is 1. The van der Waals surface area contributed by atoms with Gasteiger partial charge in [0, 0.05) is 27.8 Å². The van der Waals surface area contributed by atoms with Crippen molar-refractivity contribution in [1.29, 1.82) is 5.26 Å². The molecule has 0 fully saturated rings. The maximum atomic E-state index is 12.6. The second kappa shape index (κ2) is 8.81. The van der Waals surface area contributed by atoms with Gasteiger partial charge in [0.1, 0.15) is 11.1 Å². The average molecular weight is 391 g/mol. The van der Waals surface area contributed by atoms with Crippen LogP contribution < -0.4 is 0 Å². The van der Waals surface area contributed by atoms with Gasteiger partial charge in [-0.1, -0.05) is 60.2 Å². The van der Waals surface area contributed by atoms with E-state index in [1.54, 1.807) is 0 Å². The second-order valence-corrected chi connectivity index (χ2v) is 7.74. The number of thioether (sulfide) groups is 1. The SMILES string of the molecule is CS/C(CC(=O)c1ccc(C)cc1)=C(\C#N)c1csc(-c2ccccc2)n1. The van der Waals surface area contributed by atoms with Gasteiger partial charge in [0.25, 0.3) is 0 Å². The Kier molecular flexibility index (Phi) is 6.23. The molecular formula is C22H18N2OS2. The molecular weight excluding hydrogens is 372 g/mol. The molecule has 0 atom stereocenters. The van der Waals surface area contributed by atoms with Crippen LogP contribution in [0, 0.1) is 18.3 Å². The Bertz CT molecular complexity index is 1010. The Morgan fingerprint density at radius 2 is 1.85 bits per heavy atom. The molecule has 1 heterocycles. The first-order valence-corrected chi connectivity index (χ1v) is 10.5. The number of Topliss-reactive ketones (excluding diaryl/α,β-unsaturated/α-hetero) is 1. The number of aryl methyl sites for hydroxylation is 1. The minimum Gasteiger partial charge on any atom is -0.294 e. The van der Waals surface area contributed by atoms with Gasteiger partial charge >= 0.3 is 0 Å². The van der Waals surface area contributed by atoms with Crippen LogP contribution in [-0.4, -0.2) is 17.0 Å². The lowest BCUT2D eigenvalue weighted by Crippen LogP contribution is -2.01. The fraction of sp³-hybridized carbons (Fsp3) is 0.136. The predicted molar refractivity (Wildman–Crippen MR) is 114 cm³/mol. The molecule has 0 N–H and O–H groups in total. The van der Waals surface area contributed by atoms with Gasteiger partial charge in [-0.3, -0.25) is 4.79 Å². The summed E-state index contributed by atoms with van der Waals surface area (Å²) in [6, 6.07) is 19.6. The van der Waals surface area contributed by atoms with Crippen LogP contribution in [0.15, 0.2) is 64.9 Å². The highest BCUT2D eigenvalue weighted by molar-refractivity contribution is 8.02. The fourth-order valence-electron chi connectivity index (χ4n) is 2.61. The number of carbonyl (C=O) groups is 1. The number of nitriles is 1. The van der Waals surface area contributed by atoms with Crippen molar-refractivity contribution in [1.82, 2.24) is 4.98 Å². The zero-order valence-corrected chi connectivity index (χ0v) is 16.7. The highest BCUT2D eigenvalue weighted by Crippen LogP contribution is 2.32. The standard InChI is InChI=1S/C22H18N2OS2/c1-15-8-10-16(11-9-15)20(25)12-21(26-2)18(13-23)19-14-27-22(24-19)17-6-4-3-5-7-17/h3-11,14H,12H2,1-2H3/b21-18+. The summed E-state index contributed by atoms with van der Waals surface area (Å²) in [6.07, 6.45) is 2.09. The number of thiazole rings is 1. The van der Waals surface area contributed by atoms with Crippen molar-refractivity contribution in [2.75, 3.05) is 6.26 Å². The molecule has 27 heavy (non-hydrogen) atoms. The molecule has 3 aromatic rings. The highest BCUT2D eigenvalue weighted by Gasteiger charge is 2.17. The molecule has 0 amide bonds. The predicted octanol–water partition coefficient (Wildman–Crippen LogP) is 5.99. The van der Waals surface area contributed by atoms with E-state index >= 15 is 0 Å². The molecule has 0 unspecified atom stereocenters. The van der Waals surface area contributed by atoms with E-state index in [0.717, 1.165) is 21.0 Å². The normalized spacial score (nSPS) is 11.6. The van der Waals surface area contributed by atoms with Gasteiger partial charge < -0.3 is 0 Å². The number of hydrogen-bond acceptors (Lipinski definition) is 5. The van der Waals surface area contributed by atoms with E-state index in [1.807, 2.05) is 73.2 Å². The van der Waals surface area contributed by atoms with Crippen LogP contribution in [0.25, 0.3) is 16.1 Å². The molecule has 5 heteroatoms. The van der Waals surface area contributed by atoms with Gasteiger partial charge in [-0.05, 0) is 13.2 Å². The Morgan fingerprint density at radius 3 is 2.48 bits per heavy atom. The number of benzene rings is 2. The molecule has 0 saturated carbocycles. The second-order valence-electron chi connectivity index (χ2n) is 5.98. The number of allylic oxidation sites excluding steroid dienone is 2. The largest absolute Gasteiger partial charge is 0.294 e. The molecule has 0 saturated heterocycles. The van der Waals surface area contributed by atoms with Gasteiger partial charge in [-0.15, -0.1) is 23.1 Å². The van der Waals surface area contributed by atoms with Gasteiger partial charge in [0.2, 0.25) is 0 Å². The van der Waals surface area contributed by atoms with E-state index in [2.05, 4.69) is 11.1 Å². The smallest absolute Gasteiger partial charge is 0.167 e. The van der Waals surface area contributed by atoms with Gasteiger partial charge in [0.15, 0.2) is 5.78 Å². The van der Waals surface area contributed by atoms with Gasteiger partial charge in [-0.2, -0.15) is 5.26 Å². The first-order chi connectivity index (χ1) is 13.1. The van der Waals surface area contributed by atoms with Crippen LogP contribution in [0.4, 0.5) is 0 Å². The number of carbonyl (C=O) groups excluding carboxylic acids is 1. The first-order valence-electron chi connectivity index (χ1n) is 8.40. The van der Waals surface area contributed by atoms with Crippen LogP contribution in [0.2, 0.25) is 0 Å². The van der Waals surface area contributed by atoms with Crippen LogP contribution in [0.1, 0.15) is 28.0 Å². The van der Waals surface area contributed by atoms with E-state index in [4.69, 9.17) is 0 Å². The summed E-state index contributed by atoms with van der Waals surface area (Å²) in [5.74, 6) is 0.00520. The summed E-state index contributed by atoms with van der Waals surface area (Å²) < 4.78 is 0. The quantitative estimate of drug-likeness (QED) is 0.383. The van der Waals surface area contributed by atoms with Crippen molar-refractivity contribution in [2.24, 2.45) is 0 Å². The average Bonchev–Trinajstić information content (AvgIpc) is 3.18. The summed E-state index contributed by atoms with van der Waals surface area (Å²) >= 11 is 2.93. The highest BCUT2D eigenvalue weighted by atomic mass is 32.2. The fourth-order valence-corrected chi connectivity index (χ4v) is 4.06. The molecule has 2 aromatic carbocycles. The van der Waals surface area contributed by atoms with Crippen molar-refractivity contribution >= 4 is 34.5 Å². The molecule has 0 spiro atoms. The lowest BCUT2D eigenvalue weighted by Gasteiger charge is -2.07. The maximum Gasteiger partial charge on any atom is 0.167 e.